The van der Waals surface area contributed by atoms with Crippen molar-refractivity contribution in [2.45, 2.75) is 20.4 Å². The number of H-pyrrole nitrogens is 1. The molecule has 7 heteroatoms. The largest absolute Gasteiger partial charge is 0.365 e. The second kappa shape index (κ2) is 5.11. The van der Waals surface area contributed by atoms with Crippen molar-refractivity contribution in [1.82, 2.24) is 10.2 Å². The fourth-order valence-electron chi connectivity index (χ4n) is 1.64. The third kappa shape index (κ3) is 2.56. The highest BCUT2D eigenvalue weighted by molar-refractivity contribution is 9.11. The predicted octanol–water partition coefficient (Wildman–Crippen LogP) is 2.56. The number of aryl methyl sites for hydroxylation is 2. The Bertz CT molecular complexity index is 570. The second-order valence-electron chi connectivity index (χ2n) is 3.96. The van der Waals surface area contributed by atoms with Gasteiger partial charge in [0, 0.05) is 10.6 Å². The lowest BCUT2D eigenvalue weighted by molar-refractivity contribution is 0.100. The van der Waals surface area contributed by atoms with E-state index in [1.165, 1.54) is 5.56 Å². The Labute approximate surface area is 117 Å². The minimum atomic E-state index is -0.479. The van der Waals surface area contributed by atoms with E-state index in [4.69, 9.17) is 5.73 Å². The summed E-state index contributed by atoms with van der Waals surface area (Å²) in [6.45, 7) is 4.42. The third-order valence-electron chi connectivity index (χ3n) is 2.53. The average molecular weight is 329 g/mol. The van der Waals surface area contributed by atoms with Crippen LogP contribution in [0.2, 0.25) is 0 Å². The Balaban J connectivity index is 2.13. The van der Waals surface area contributed by atoms with Crippen molar-refractivity contribution in [3.63, 3.8) is 0 Å². The molecule has 0 aliphatic carbocycles. The number of rotatable bonds is 4. The van der Waals surface area contributed by atoms with E-state index in [-0.39, 0.29) is 0 Å². The van der Waals surface area contributed by atoms with Crippen LogP contribution in [0.4, 0.5) is 5.82 Å². The van der Waals surface area contributed by atoms with Crippen LogP contribution in [0.25, 0.3) is 0 Å². The van der Waals surface area contributed by atoms with Gasteiger partial charge in [0.05, 0.1) is 10.3 Å². The number of hydrogen-bond acceptors (Lipinski definition) is 4. The molecule has 2 aromatic rings. The lowest BCUT2D eigenvalue weighted by Crippen LogP contribution is -2.14. The molecule has 0 bridgehead atoms. The van der Waals surface area contributed by atoms with Gasteiger partial charge in [-0.15, -0.1) is 11.3 Å². The van der Waals surface area contributed by atoms with Crippen LogP contribution in [0.5, 0.6) is 0 Å². The minimum absolute atomic E-state index is 0.419. The van der Waals surface area contributed by atoms with E-state index in [9.17, 15) is 4.79 Å². The molecule has 0 aliphatic rings. The quantitative estimate of drug-likeness (QED) is 0.806. The molecule has 2 rings (SSSR count). The van der Waals surface area contributed by atoms with Crippen LogP contribution in [-0.2, 0) is 6.54 Å². The van der Waals surface area contributed by atoms with Crippen LogP contribution in [0.3, 0.4) is 0 Å². The van der Waals surface area contributed by atoms with Crippen molar-refractivity contribution in [1.29, 1.82) is 0 Å². The third-order valence-corrected chi connectivity index (χ3v) is 4.67. The smallest absolute Gasteiger partial charge is 0.254 e. The number of primary amides is 1. The summed E-state index contributed by atoms with van der Waals surface area (Å²) in [6.07, 6.45) is 0. The van der Waals surface area contributed by atoms with Gasteiger partial charge in [0.25, 0.3) is 5.91 Å². The first-order valence-electron chi connectivity index (χ1n) is 5.32. The van der Waals surface area contributed by atoms with E-state index in [0.717, 1.165) is 8.66 Å². The number of halogens is 1. The molecule has 96 valence electrons. The number of anilines is 1. The van der Waals surface area contributed by atoms with Crippen LogP contribution in [0.15, 0.2) is 9.85 Å². The van der Waals surface area contributed by atoms with Crippen molar-refractivity contribution in [2.75, 3.05) is 5.32 Å². The number of aromatic nitrogens is 2. The zero-order valence-corrected chi connectivity index (χ0v) is 12.4. The Kier molecular flexibility index (Phi) is 3.72. The molecule has 2 heterocycles. The van der Waals surface area contributed by atoms with E-state index in [0.29, 0.717) is 23.6 Å². The van der Waals surface area contributed by atoms with E-state index < -0.39 is 5.91 Å². The van der Waals surface area contributed by atoms with Gasteiger partial charge in [-0.25, -0.2) is 0 Å². The van der Waals surface area contributed by atoms with Crippen molar-refractivity contribution < 1.29 is 4.79 Å². The van der Waals surface area contributed by atoms with E-state index in [1.54, 1.807) is 18.3 Å². The minimum Gasteiger partial charge on any atom is -0.365 e. The van der Waals surface area contributed by atoms with E-state index in [1.807, 2.05) is 6.92 Å². The molecule has 0 saturated carbocycles. The first-order valence-corrected chi connectivity index (χ1v) is 6.93. The summed E-state index contributed by atoms with van der Waals surface area (Å²) in [5.74, 6) is 0.0227. The normalized spacial score (nSPS) is 10.6. The predicted molar refractivity (Wildman–Crippen MR) is 75.9 cm³/mol. The zero-order chi connectivity index (χ0) is 13.3. The van der Waals surface area contributed by atoms with Crippen LogP contribution in [0.1, 0.15) is 26.5 Å². The maximum absolute atomic E-state index is 11.3. The molecule has 18 heavy (non-hydrogen) atoms. The first-order chi connectivity index (χ1) is 8.49. The summed E-state index contributed by atoms with van der Waals surface area (Å²) < 4.78 is 1.12. The number of nitrogens with zero attached hydrogens (tertiary/aromatic N) is 1. The first kappa shape index (κ1) is 13.1. The topological polar surface area (TPSA) is 83.8 Å². The molecule has 0 radical (unpaired) electrons. The molecule has 2 aromatic heterocycles. The summed E-state index contributed by atoms with van der Waals surface area (Å²) in [5.41, 5.74) is 7.61. The molecule has 0 unspecified atom stereocenters. The Morgan fingerprint density at radius 2 is 2.33 bits per heavy atom. The van der Waals surface area contributed by atoms with Gasteiger partial charge >= 0.3 is 0 Å². The highest BCUT2D eigenvalue weighted by Crippen LogP contribution is 2.28. The van der Waals surface area contributed by atoms with Gasteiger partial charge in [0.2, 0.25) is 0 Å². The number of aromatic amines is 1. The molecule has 0 spiro atoms. The number of nitrogens with two attached hydrogens (primary N) is 1. The van der Waals surface area contributed by atoms with Crippen molar-refractivity contribution in [2.24, 2.45) is 5.73 Å². The van der Waals surface area contributed by atoms with Crippen LogP contribution in [-0.4, -0.2) is 16.1 Å². The zero-order valence-electron chi connectivity index (χ0n) is 10.0. The maximum Gasteiger partial charge on any atom is 0.254 e. The number of hydrogen-bond donors (Lipinski definition) is 3. The van der Waals surface area contributed by atoms with E-state index >= 15 is 0 Å². The monoisotopic (exact) mass is 328 g/mol. The number of thiophene rings is 1. The van der Waals surface area contributed by atoms with Crippen LogP contribution in [0, 0.1) is 13.8 Å². The number of carbonyl (C=O) groups is 1. The van der Waals surface area contributed by atoms with Crippen molar-refractivity contribution in [3.8, 4) is 0 Å². The molecule has 4 N–H and O–H groups in total. The fraction of sp³-hybridized carbons (Fsp3) is 0.273. The van der Waals surface area contributed by atoms with Gasteiger partial charge < -0.3 is 11.1 Å². The Hall–Kier alpha value is -1.34. The van der Waals surface area contributed by atoms with Crippen molar-refractivity contribution >= 4 is 39.0 Å². The van der Waals surface area contributed by atoms with Crippen LogP contribution >= 0.6 is 27.3 Å². The summed E-state index contributed by atoms with van der Waals surface area (Å²) in [5, 5.41) is 9.91. The number of carbonyl (C=O) groups excluding carboxylic acids is 1. The Morgan fingerprint density at radius 3 is 2.89 bits per heavy atom. The molecule has 0 fully saturated rings. The fourth-order valence-corrected chi connectivity index (χ4v) is 3.21. The number of nitrogens with one attached hydrogen (secondary N) is 2. The molecule has 0 saturated heterocycles. The molecule has 5 nitrogen and oxygen atoms in total. The summed E-state index contributed by atoms with van der Waals surface area (Å²) in [7, 11) is 0. The van der Waals surface area contributed by atoms with Gasteiger partial charge in [-0.2, -0.15) is 5.10 Å². The SMILES string of the molecule is Cc1cc(CNc2n[nH]c(C)c2C(N)=O)sc1Br. The molecule has 0 aliphatic heterocycles. The van der Waals surface area contributed by atoms with Gasteiger partial charge in [0.15, 0.2) is 5.82 Å². The summed E-state index contributed by atoms with van der Waals surface area (Å²) in [4.78, 5) is 12.5. The average Bonchev–Trinajstić information content (AvgIpc) is 2.80. The molecule has 1 amide bonds. The lowest BCUT2D eigenvalue weighted by Gasteiger charge is -2.02. The second-order valence-corrected chi connectivity index (χ2v) is 6.41. The molecular weight excluding hydrogens is 316 g/mol. The molecule has 0 atom stereocenters. The highest BCUT2D eigenvalue weighted by atomic mass is 79.9. The Morgan fingerprint density at radius 1 is 1.61 bits per heavy atom. The summed E-state index contributed by atoms with van der Waals surface area (Å²) >= 11 is 5.13. The van der Waals surface area contributed by atoms with Gasteiger partial charge in [-0.05, 0) is 41.4 Å². The standard InChI is InChI=1S/C11H13BrN4OS/c1-5-3-7(18-9(5)12)4-14-11-8(10(13)17)6(2)15-16-11/h3H,4H2,1-2H3,(H2,13,17)(H2,14,15,16). The summed E-state index contributed by atoms with van der Waals surface area (Å²) in [6, 6.07) is 2.09. The van der Waals surface area contributed by atoms with Crippen molar-refractivity contribution in [3.05, 3.63) is 31.6 Å². The maximum atomic E-state index is 11.3. The number of amides is 1. The molecular formula is C11H13BrN4OS. The van der Waals surface area contributed by atoms with Gasteiger partial charge in [-0.1, -0.05) is 0 Å². The lowest BCUT2D eigenvalue weighted by atomic mass is 10.2. The van der Waals surface area contributed by atoms with Gasteiger partial charge in [-0.3, -0.25) is 9.89 Å². The van der Waals surface area contributed by atoms with Gasteiger partial charge in [0.1, 0.15) is 5.56 Å². The van der Waals surface area contributed by atoms with E-state index in [2.05, 4.69) is 37.5 Å². The van der Waals surface area contributed by atoms with Crippen LogP contribution < -0.4 is 11.1 Å². The molecule has 0 aromatic carbocycles. The highest BCUT2D eigenvalue weighted by Gasteiger charge is 2.15.